The van der Waals surface area contributed by atoms with Crippen LogP contribution in [0.3, 0.4) is 0 Å². The first-order valence-corrected chi connectivity index (χ1v) is 5.63. The number of carbonyl (C=O) groups is 1. The van der Waals surface area contributed by atoms with Gasteiger partial charge < -0.3 is 14.4 Å². The first kappa shape index (κ1) is 13.1. The summed E-state index contributed by atoms with van der Waals surface area (Å²) in [6.45, 7) is 2.12. The van der Waals surface area contributed by atoms with Crippen LogP contribution in [0.5, 0.6) is 0 Å². The molecular formula is C13H13FN2O3. The predicted molar refractivity (Wildman–Crippen MR) is 66.7 cm³/mol. The van der Waals surface area contributed by atoms with Crippen molar-refractivity contribution in [3.05, 3.63) is 47.3 Å². The molecule has 0 bridgehead atoms. The van der Waals surface area contributed by atoms with Crippen LogP contribution < -0.4 is 4.90 Å². The van der Waals surface area contributed by atoms with Crippen LogP contribution in [0.2, 0.25) is 0 Å². The van der Waals surface area contributed by atoms with Gasteiger partial charge in [-0.05, 0) is 25.1 Å². The minimum absolute atomic E-state index is 0.0195. The van der Waals surface area contributed by atoms with Crippen LogP contribution in [-0.2, 0) is 6.54 Å². The molecule has 6 heteroatoms. The smallest absolute Gasteiger partial charge is 0.338 e. The van der Waals surface area contributed by atoms with Crippen molar-refractivity contribution in [1.29, 1.82) is 0 Å². The van der Waals surface area contributed by atoms with Gasteiger partial charge in [-0.3, -0.25) is 0 Å². The Morgan fingerprint density at radius 2 is 2.21 bits per heavy atom. The molecule has 0 amide bonds. The molecule has 0 unspecified atom stereocenters. The molecule has 0 aromatic carbocycles. The second-order valence-electron chi connectivity index (χ2n) is 4.17. The highest BCUT2D eigenvalue weighted by Crippen LogP contribution is 2.20. The Hall–Kier alpha value is -2.37. The lowest BCUT2D eigenvalue weighted by atomic mass is 10.2. The van der Waals surface area contributed by atoms with Gasteiger partial charge in [-0.15, -0.1) is 0 Å². The van der Waals surface area contributed by atoms with Gasteiger partial charge >= 0.3 is 5.97 Å². The van der Waals surface area contributed by atoms with Crippen molar-refractivity contribution in [2.45, 2.75) is 13.5 Å². The molecule has 2 rings (SSSR count). The molecule has 0 spiro atoms. The number of rotatable bonds is 4. The van der Waals surface area contributed by atoms with Gasteiger partial charge in [0.15, 0.2) is 11.6 Å². The predicted octanol–water partition coefficient (Wildman–Crippen LogP) is 2.46. The molecule has 1 N–H and O–H groups in total. The maximum atomic E-state index is 14.0. The summed E-state index contributed by atoms with van der Waals surface area (Å²) in [6.07, 6.45) is 1.27. The molecule has 0 atom stereocenters. The van der Waals surface area contributed by atoms with Crippen LogP contribution in [-0.4, -0.2) is 23.1 Å². The van der Waals surface area contributed by atoms with Gasteiger partial charge in [0.25, 0.3) is 0 Å². The highest BCUT2D eigenvalue weighted by molar-refractivity contribution is 5.88. The number of carboxylic acid groups (broad SMARTS) is 1. The lowest BCUT2D eigenvalue weighted by molar-refractivity contribution is 0.0692. The Balaban J connectivity index is 2.26. The lowest BCUT2D eigenvalue weighted by Gasteiger charge is -2.17. The molecule has 0 fully saturated rings. The molecule has 0 aliphatic carbocycles. The molecule has 2 heterocycles. The van der Waals surface area contributed by atoms with E-state index in [0.717, 1.165) is 11.8 Å². The third kappa shape index (κ3) is 2.73. The van der Waals surface area contributed by atoms with Crippen molar-refractivity contribution in [2.75, 3.05) is 11.9 Å². The Labute approximate surface area is 109 Å². The first-order chi connectivity index (χ1) is 8.99. The van der Waals surface area contributed by atoms with Crippen LogP contribution in [0.15, 0.2) is 28.8 Å². The number of carboxylic acids is 1. The van der Waals surface area contributed by atoms with E-state index in [1.807, 2.05) is 6.92 Å². The van der Waals surface area contributed by atoms with E-state index >= 15 is 0 Å². The molecule has 0 saturated heterocycles. The van der Waals surface area contributed by atoms with E-state index in [0.29, 0.717) is 12.3 Å². The van der Waals surface area contributed by atoms with E-state index < -0.39 is 17.3 Å². The zero-order valence-corrected chi connectivity index (χ0v) is 10.6. The molecule has 2 aromatic rings. The molecule has 0 aliphatic heterocycles. The van der Waals surface area contributed by atoms with E-state index in [4.69, 9.17) is 9.52 Å². The molecule has 0 radical (unpaired) electrons. The normalized spacial score (nSPS) is 10.5. The summed E-state index contributed by atoms with van der Waals surface area (Å²) in [5.41, 5.74) is -0.396. The van der Waals surface area contributed by atoms with E-state index in [1.54, 1.807) is 19.2 Å². The largest absolute Gasteiger partial charge is 0.478 e. The van der Waals surface area contributed by atoms with Crippen molar-refractivity contribution >= 4 is 11.8 Å². The Bertz CT molecular complexity index is 610. The fraction of sp³-hybridized carbons (Fsp3) is 0.231. The van der Waals surface area contributed by atoms with E-state index in [9.17, 15) is 9.18 Å². The Morgan fingerprint density at radius 3 is 2.79 bits per heavy atom. The van der Waals surface area contributed by atoms with E-state index in [-0.39, 0.29) is 5.82 Å². The molecule has 5 nitrogen and oxygen atoms in total. The van der Waals surface area contributed by atoms with Gasteiger partial charge in [0, 0.05) is 13.2 Å². The standard InChI is InChI=1S/C13H13FN2O3/c1-8-3-4-9(19-8)7-16(2)12-11(14)10(13(17)18)5-6-15-12/h3-6H,7H2,1-2H3,(H,17,18). The zero-order valence-electron chi connectivity index (χ0n) is 10.6. The molecule has 19 heavy (non-hydrogen) atoms. The SMILES string of the molecule is Cc1ccc(CN(C)c2nccc(C(=O)O)c2F)o1. The van der Waals surface area contributed by atoms with E-state index in [2.05, 4.69) is 4.98 Å². The fourth-order valence-corrected chi connectivity index (χ4v) is 1.74. The quantitative estimate of drug-likeness (QED) is 0.918. The Kier molecular flexibility index (Phi) is 3.50. The topological polar surface area (TPSA) is 66.6 Å². The summed E-state index contributed by atoms with van der Waals surface area (Å²) in [5.74, 6) is -0.767. The highest BCUT2D eigenvalue weighted by atomic mass is 19.1. The first-order valence-electron chi connectivity index (χ1n) is 5.63. The highest BCUT2D eigenvalue weighted by Gasteiger charge is 2.18. The summed E-state index contributed by atoms with van der Waals surface area (Å²) in [7, 11) is 1.62. The molecule has 2 aromatic heterocycles. The van der Waals surface area contributed by atoms with Crippen LogP contribution in [0, 0.1) is 12.7 Å². The number of aromatic carboxylic acids is 1. The lowest BCUT2D eigenvalue weighted by Crippen LogP contribution is -2.20. The summed E-state index contributed by atoms with van der Waals surface area (Å²) >= 11 is 0. The van der Waals surface area contributed by atoms with Crippen molar-refractivity contribution < 1.29 is 18.7 Å². The number of hydrogen-bond acceptors (Lipinski definition) is 4. The van der Waals surface area contributed by atoms with Crippen LogP contribution in [0.25, 0.3) is 0 Å². The van der Waals surface area contributed by atoms with Crippen LogP contribution in [0.4, 0.5) is 10.2 Å². The average molecular weight is 264 g/mol. The summed E-state index contributed by atoms with van der Waals surface area (Å²) in [4.78, 5) is 16.2. The van der Waals surface area contributed by atoms with Gasteiger partial charge in [-0.1, -0.05) is 0 Å². The molecular weight excluding hydrogens is 251 g/mol. The molecule has 0 saturated carbocycles. The summed E-state index contributed by atoms with van der Waals surface area (Å²) < 4.78 is 19.4. The van der Waals surface area contributed by atoms with E-state index in [1.165, 1.54) is 11.1 Å². The maximum Gasteiger partial charge on any atom is 0.338 e. The number of furan rings is 1. The molecule has 100 valence electrons. The number of pyridine rings is 1. The molecule has 0 aliphatic rings. The van der Waals surface area contributed by atoms with Crippen molar-refractivity contribution in [1.82, 2.24) is 4.98 Å². The third-order valence-electron chi connectivity index (χ3n) is 2.65. The van der Waals surface area contributed by atoms with Crippen LogP contribution >= 0.6 is 0 Å². The van der Waals surface area contributed by atoms with Crippen LogP contribution in [0.1, 0.15) is 21.9 Å². The number of nitrogens with zero attached hydrogens (tertiary/aromatic N) is 2. The number of aryl methyl sites for hydroxylation is 1. The third-order valence-corrected chi connectivity index (χ3v) is 2.65. The van der Waals surface area contributed by atoms with Crippen molar-refractivity contribution in [3.63, 3.8) is 0 Å². The number of halogens is 1. The Morgan fingerprint density at radius 1 is 1.47 bits per heavy atom. The summed E-state index contributed by atoms with van der Waals surface area (Å²) in [6, 6.07) is 4.72. The number of anilines is 1. The second kappa shape index (κ2) is 5.09. The monoisotopic (exact) mass is 264 g/mol. The van der Waals surface area contributed by atoms with Crippen molar-refractivity contribution in [2.24, 2.45) is 0 Å². The van der Waals surface area contributed by atoms with Crippen molar-refractivity contribution in [3.8, 4) is 0 Å². The number of aromatic nitrogens is 1. The minimum Gasteiger partial charge on any atom is -0.478 e. The minimum atomic E-state index is -1.32. The van der Waals surface area contributed by atoms with Gasteiger partial charge in [0.1, 0.15) is 17.1 Å². The second-order valence-corrected chi connectivity index (χ2v) is 4.17. The van der Waals surface area contributed by atoms with Gasteiger partial charge in [-0.2, -0.15) is 0 Å². The fourth-order valence-electron chi connectivity index (χ4n) is 1.74. The van der Waals surface area contributed by atoms with Gasteiger partial charge in [0.05, 0.1) is 6.54 Å². The van der Waals surface area contributed by atoms with Gasteiger partial charge in [-0.25, -0.2) is 14.2 Å². The van der Waals surface area contributed by atoms with Gasteiger partial charge in [0.2, 0.25) is 0 Å². The summed E-state index contributed by atoms with van der Waals surface area (Å²) in [5, 5.41) is 8.86. The zero-order chi connectivity index (χ0) is 14.0. The average Bonchev–Trinajstić information content (AvgIpc) is 2.74. The number of hydrogen-bond donors (Lipinski definition) is 1. The maximum absolute atomic E-state index is 14.0.